The van der Waals surface area contributed by atoms with Gasteiger partial charge in [-0.05, 0) is 18.6 Å². The Labute approximate surface area is 178 Å². The van der Waals surface area contributed by atoms with Crippen molar-refractivity contribution in [1.82, 2.24) is 4.57 Å². The highest BCUT2D eigenvalue weighted by atomic mass is 19.1. The van der Waals surface area contributed by atoms with E-state index in [0.29, 0.717) is 12.2 Å². The van der Waals surface area contributed by atoms with Gasteiger partial charge in [0.15, 0.2) is 0 Å². The number of methoxy groups -OCH3 is 1. The van der Waals surface area contributed by atoms with Crippen LogP contribution in [0.25, 0.3) is 0 Å². The monoisotopic (exact) mass is 420 g/mol. The molecular weight excluding hydrogens is 399 g/mol. The number of carbonyl (C=O) groups excluding carboxylic acids is 1. The Morgan fingerprint density at radius 2 is 1.84 bits per heavy atom. The number of aromatic nitrogens is 1. The van der Waals surface area contributed by atoms with E-state index >= 15 is 0 Å². The molecule has 1 aromatic heterocycles. The minimum absolute atomic E-state index is 0.104. The van der Waals surface area contributed by atoms with Crippen LogP contribution in [-0.4, -0.2) is 17.6 Å². The fraction of sp³-hybridized carbons (Fsp3) is 0.167. The van der Waals surface area contributed by atoms with Crippen LogP contribution in [0.5, 0.6) is 5.75 Å². The zero-order valence-corrected chi connectivity index (χ0v) is 17.1. The third-order valence-corrected chi connectivity index (χ3v) is 5.37. The Morgan fingerprint density at radius 3 is 2.52 bits per heavy atom. The van der Waals surface area contributed by atoms with E-state index < -0.39 is 17.7 Å². The number of hydrogen-bond donors (Lipinski definition) is 1. The van der Waals surface area contributed by atoms with Crippen molar-refractivity contribution < 1.29 is 18.7 Å². The molecule has 6 nitrogen and oxygen atoms in total. The van der Waals surface area contributed by atoms with Crippen molar-refractivity contribution >= 4 is 5.97 Å². The summed E-state index contributed by atoms with van der Waals surface area (Å²) in [5.74, 6) is -2.43. The van der Waals surface area contributed by atoms with Crippen LogP contribution in [-0.2, 0) is 16.1 Å². The molecule has 0 saturated heterocycles. The van der Waals surface area contributed by atoms with Gasteiger partial charge in [0.1, 0.15) is 17.1 Å². The summed E-state index contributed by atoms with van der Waals surface area (Å²) in [6, 6.07) is 17.1. The van der Waals surface area contributed by atoms with Crippen LogP contribution in [0.2, 0.25) is 0 Å². The molecule has 0 bridgehead atoms. The van der Waals surface area contributed by atoms with Gasteiger partial charge in [-0.15, -0.1) is 0 Å². The zero-order chi connectivity index (χ0) is 22.1. The third kappa shape index (κ3) is 3.59. The molecule has 158 valence electrons. The largest absolute Gasteiger partial charge is 0.465 e. The van der Waals surface area contributed by atoms with Gasteiger partial charge in [-0.3, -0.25) is 4.79 Å². The molecule has 2 aromatic carbocycles. The van der Waals surface area contributed by atoms with E-state index in [1.165, 1.54) is 25.3 Å². The maximum absolute atomic E-state index is 14.8. The van der Waals surface area contributed by atoms with Crippen molar-refractivity contribution in [3.05, 3.63) is 111 Å². The van der Waals surface area contributed by atoms with Gasteiger partial charge in [-0.1, -0.05) is 48.5 Å². The van der Waals surface area contributed by atoms with E-state index in [1.807, 2.05) is 30.3 Å². The highest BCUT2D eigenvalue weighted by Gasteiger charge is 2.39. The summed E-state index contributed by atoms with van der Waals surface area (Å²) >= 11 is 0. The number of halogens is 1. The average Bonchev–Trinajstić information content (AvgIpc) is 2.76. The Hall–Kier alpha value is -3.87. The molecule has 1 aliphatic heterocycles. The highest BCUT2D eigenvalue weighted by molar-refractivity contribution is 5.92. The van der Waals surface area contributed by atoms with Crippen LogP contribution in [0.1, 0.15) is 28.3 Å². The first-order chi connectivity index (χ1) is 14.9. The van der Waals surface area contributed by atoms with Crippen LogP contribution in [0.3, 0.4) is 0 Å². The topological polar surface area (TPSA) is 83.5 Å². The van der Waals surface area contributed by atoms with E-state index in [-0.39, 0.29) is 33.9 Å². The minimum Gasteiger partial charge on any atom is -0.465 e. The Balaban J connectivity index is 1.97. The average molecular weight is 420 g/mol. The summed E-state index contributed by atoms with van der Waals surface area (Å²) in [5, 5.41) is 0. The molecule has 2 heterocycles. The molecule has 0 fully saturated rings. The summed E-state index contributed by atoms with van der Waals surface area (Å²) in [7, 11) is 1.19. The van der Waals surface area contributed by atoms with Crippen LogP contribution in [0, 0.1) is 12.7 Å². The lowest BCUT2D eigenvalue weighted by atomic mass is 9.83. The Morgan fingerprint density at radius 1 is 1.16 bits per heavy atom. The predicted molar refractivity (Wildman–Crippen MR) is 113 cm³/mol. The first kappa shape index (κ1) is 20.4. The Bertz CT molecular complexity index is 1250. The molecule has 0 amide bonds. The van der Waals surface area contributed by atoms with Crippen LogP contribution < -0.4 is 16.0 Å². The molecule has 1 atom stereocenters. The molecule has 3 aromatic rings. The van der Waals surface area contributed by atoms with Crippen molar-refractivity contribution in [1.29, 1.82) is 0 Å². The number of carbonyl (C=O) groups is 1. The SMILES string of the molecule is COC(=O)C1=C(N)Oc2cc(C)n(Cc3ccccc3)c(=O)c2[C@@H]1c1ccccc1F. The molecule has 2 N–H and O–H groups in total. The molecule has 7 heteroatoms. The lowest BCUT2D eigenvalue weighted by molar-refractivity contribution is -0.136. The molecule has 0 unspecified atom stereocenters. The van der Waals surface area contributed by atoms with E-state index in [4.69, 9.17) is 15.2 Å². The van der Waals surface area contributed by atoms with Crippen molar-refractivity contribution in [2.24, 2.45) is 5.73 Å². The fourth-order valence-electron chi connectivity index (χ4n) is 3.88. The van der Waals surface area contributed by atoms with Crippen molar-refractivity contribution in [3.63, 3.8) is 0 Å². The molecule has 1 aliphatic rings. The van der Waals surface area contributed by atoms with Gasteiger partial charge in [-0.25, -0.2) is 9.18 Å². The van der Waals surface area contributed by atoms with Gasteiger partial charge in [-0.2, -0.15) is 0 Å². The van der Waals surface area contributed by atoms with Gasteiger partial charge in [0, 0.05) is 17.3 Å². The van der Waals surface area contributed by atoms with Crippen LogP contribution >= 0.6 is 0 Å². The summed E-state index contributed by atoms with van der Waals surface area (Å²) in [4.78, 5) is 26.2. The van der Waals surface area contributed by atoms with Crippen LogP contribution in [0.15, 0.2) is 76.9 Å². The molecular formula is C24H21FN2O4. The zero-order valence-electron chi connectivity index (χ0n) is 17.1. The number of nitrogens with zero attached hydrogens (tertiary/aromatic N) is 1. The number of benzene rings is 2. The van der Waals surface area contributed by atoms with E-state index in [9.17, 15) is 14.0 Å². The number of aryl methyl sites for hydroxylation is 1. The first-order valence-electron chi connectivity index (χ1n) is 9.70. The van der Waals surface area contributed by atoms with Gasteiger partial charge in [0.2, 0.25) is 5.88 Å². The van der Waals surface area contributed by atoms with Gasteiger partial charge in [0.05, 0.1) is 25.1 Å². The number of ether oxygens (including phenoxy) is 2. The Kier molecular flexibility index (Phi) is 5.33. The number of fused-ring (bicyclic) bond motifs is 1. The molecule has 0 radical (unpaired) electrons. The molecule has 0 aliphatic carbocycles. The number of pyridine rings is 1. The van der Waals surface area contributed by atoms with Crippen molar-refractivity contribution in [2.75, 3.05) is 7.11 Å². The highest BCUT2D eigenvalue weighted by Crippen LogP contribution is 2.42. The third-order valence-electron chi connectivity index (χ3n) is 5.37. The smallest absolute Gasteiger partial charge is 0.340 e. The normalized spacial score (nSPS) is 15.3. The lowest BCUT2D eigenvalue weighted by Gasteiger charge is -2.29. The fourth-order valence-corrected chi connectivity index (χ4v) is 3.88. The number of rotatable bonds is 4. The first-order valence-corrected chi connectivity index (χ1v) is 9.70. The summed E-state index contributed by atoms with van der Waals surface area (Å²) < 4.78 is 26.9. The van der Waals surface area contributed by atoms with Gasteiger partial charge >= 0.3 is 5.97 Å². The summed E-state index contributed by atoms with van der Waals surface area (Å²) in [6.45, 7) is 2.09. The number of esters is 1. The maximum atomic E-state index is 14.8. The second-order valence-electron chi connectivity index (χ2n) is 7.27. The second-order valence-corrected chi connectivity index (χ2v) is 7.27. The quantitative estimate of drug-likeness (QED) is 0.656. The van der Waals surface area contributed by atoms with Crippen LogP contribution in [0.4, 0.5) is 4.39 Å². The number of nitrogens with two attached hydrogens (primary N) is 1. The minimum atomic E-state index is -1.06. The summed E-state index contributed by atoms with van der Waals surface area (Å²) in [6.07, 6.45) is 0. The van der Waals surface area contributed by atoms with Gasteiger partial charge in [0.25, 0.3) is 5.56 Å². The number of hydrogen-bond acceptors (Lipinski definition) is 5. The second kappa shape index (κ2) is 8.10. The molecule has 0 spiro atoms. The maximum Gasteiger partial charge on any atom is 0.340 e. The van der Waals surface area contributed by atoms with E-state index in [1.54, 1.807) is 23.6 Å². The molecule has 0 saturated carbocycles. The summed E-state index contributed by atoms with van der Waals surface area (Å²) in [5.41, 5.74) is 7.40. The van der Waals surface area contributed by atoms with E-state index in [0.717, 1.165) is 5.56 Å². The van der Waals surface area contributed by atoms with Crippen molar-refractivity contribution in [2.45, 2.75) is 19.4 Å². The standard InChI is InChI=1S/C24H21FN2O4/c1-14-12-18-20(23(28)27(14)13-15-8-4-3-5-9-15)19(16-10-6-7-11-17(16)25)21(22(26)31-18)24(29)30-2/h3-12,19H,13,26H2,1-2H3/t19-/m0/s1. The molecule has 4 rings (SSSR count). The lowest BCUT2D eigenvalue weighted by Crippen LogP contribution is -2.35. The van der Waals surface area contributed by atoms with E-state index in [2.05, 4.69) is 0 Å². The van der Waals surface area contributed by atoms with Gasteiger partial charge < -0.3 is 19.8 Å². The predicted octanol–water partition coefficient (Wildman–Crippen LogP) is 3.21. The molecule has 31 heavy (non-hydrogen) atoms. The van der Waals surface area contributed by atoms with Crippen molar-refractivity contribution in [3.8, 4) is 5.75 Å².